The minimum Gasteiger partial charge on any atom is -0.497 e. The van der Waals surface area contributed by atoms with Crippen molar-refractivity contribution >= 4 is 45.6 Å². The average molecular weight is 455 g/mol. The highest BCUT2D eigenvalue weighted by atomic mass is 32.1. The van der Waals surface area contributed by atoms with Crippen LogP contribution in [0.3, 0.4) is 0 Å². The van der Waals surface area contributed by atoms with E-state index in [0.717, 1.165) is 0 Å². The van der Waals surface area contributed by atoms with Gasteiger partial charge in [-0.1, -0.05) is 0 Å². The smallest absolute Gasteiger partial charge is 0.257 e. The summed E-state index contributed by atoms with van der Waals surface area (Å²) in [6.45, 7) is 1.42. The number of rotatable bonds is 8. The van der Waals surface area contributed by atoms with Crippen molar-refractivity contribution in [3.8, 4) is 11.5 Å². The van der Waals surface area contributed by atoms with Crippen LogP contribution in [0.2, 0.25) is 0 Å². The Morgan fingerprint density at radius 3 is 2.06 bits per heavy atom. The summed E-state index contributed by atoms with van der Waals surface area (Å²) < 4.78 is 10.4. The number of thiazole rings is 1. The van der Waals surface area contributed by atoms with E-state index in [1.165, 1.54) is 32.5 Å². The van der Waals surface area contributed by atoms with Crippen molar-refractivity contribution in [3.63, 3.8) is 0 Å². The van der Waals surface area contributed by atoms with Crippen LogP contribution in [0.1, 0.15) is 23.0 Å². The van der Waals surface area contributed by atoms with E-state index in [4.69, 9.17) is 9.47 Å². The number of anilines is 3. The Labute approximate surface area is 188 Å². The second kappa shape index (κ2) is 10.4. The number of amides is 3. The van der Waals surface area contributed by atoms with Crippen LogP contribution in [0.4, 0.5) is 16.5 Å². The van der Waals surface area contributed by atoms with Crippen LogP contribution in [0.15, 0.2) is 47.8 Å². The molecule has 166 valence electrons. The molecule has 2 aromatic carbocycles. The Morgan fingerprint density at radius 1 is 0.906 bits per heavy atom. The van der Waals surface area contributed by atoms with Crippen molar-refractivity contribution in [2.24, 2.45) is 0 Å². The lowest BCUT2D eigenvalue weighted by Crippen LogP contribution is -2.15. The van der Waals surface area contributed by atoms with Gasteiger partial charge in [-0.3, -0.25) is 19.7 Å². The predicted octanol–water partition coefficient (Wildman–Crippen LogP) is 3.55. The number of hydrogen-bond acceptors (Lipinski definition) is 7. The molecule has 1 heterocycles. The van der Waals surface area contributed by atoms with Crippen molar-refractivity contribution in [1.29, 1.82) is 0 Å². The van der Waals surface area contributed by atoms with E-state index in [0.29, 0.717) is 39.3 Å². The zero-order valence-electron chi connectivity index (χ0n) is 17.7. The lowest BCUT2D eigenvalue weighted by Gasteiger charge is -2.08. The van der Waals surface area contributed by atoms with Crippen LogP contribution in [0, 0.1) is 0 Å². The topological polar surface area (TPSA) is 119 Å². The Balaban J connectivity index is 1.58. The molecule has 10 heteroatoms. The van der Waals surface area contributed by atoms with Crippen LogP contribution in [0.5, 0.6) is 11.5 Å². The Kier molecular flexibility index (Phi) is 7.40. The summed E-state index contributed by atoms with van der Waals surface area (Å²) in [5.74, 6) is 0.204. The molecule has 0 bridgehead atoms. The SMILES string of the molecule is COc1cc(OC)cc(C(=O)Nc2nc(CC(=O)Nc3ccc(NC(C)=O)cc3)cs2)c1. The van der Waals surface area contributed by atoms with Gasteiger partial charge in [0.2, 0.25) is 11.8 Å². The summed E-state index contributed by atoms with van der Waals surface area (Å²) in [4.78, 5) is 40.2. The molecule has 0 saturated heterocycles. The molecule has 0 fully saturated rings. The second-order valence-electron chi connectivity index (χ2n) is 6.68. The van der Waals surface area contributed by atoms with Gasteiger partial charge in [0.05, 0.1) is 26.3 Å². The van der Waals surface area contributed by atoms with E-state index < -0.39 is 0 Å². The summed E-state index contributed by atoms with van der Waals surface area (Å²) in [6.07, 6.45) is 0.0484. The summed E-state index contributed by atoms with van der Waals surface area (Å²) in [7, 11) is 3.01. The van der Waals surface area contributed by atoms with E-state index in [9.17, 15) is 14.4 Å². The van der Waals surface area contributed by atoms with Crippen molar-refractivity contribution in [3.05, 3.63) is 59.1 Å². The molecule has 3 amide bonds. The molecule has 0 aliphatic rings. The minimum atomic E-state index is -0.369. The van der Waals surface area contributed by atoms with E-state index in [1.807, 2.05) is 0 Å². The third-order valence-corrected chi connectivity index (χ3v) is 5.02. The third-order valence-electron chi connectivity index (χ3n) is 4.22. The maximum absolute atomic E-state index is 12.6. The van der Waals surface area contributed by atoms with Crippen molar-refractivity contribution in [2.45, 2.75) is 13.3 Å². The number of carbonyl (C=O) groups is 3. The van der Waals surface area contributed by atoms with Gasteiger partial charge < -0.3 is 20.1 Å². The van der Waals surface area contributed by atoms with Crippen LogP contribution < -0.4 is 25.4 Å². The summed E-state index contributed by atoms with van der Waals surface area (Å²) >= 11 is 1.22. The first-order chi connectivity index (χ1) is 15.4. The maximum atomic E-state index is 12.6. The Morgan fingerprint density at radius 2 is 1.50 bits per heavy atom. The number of nitrogens with zero attached hydrogens (tertiary/aromatic N) is 1. The highest BCUT2D eigenvalue weighted by Gasteiger charge is 2.14. The number of aromatic nitrogens is 1. The van der Waals surface area contributed by atoms with Crippen molar-refractivity contribution in [1.82, 2.24) is 4.98 Å². The Hall–Kier alpha value is -3.92. The van der Waals surface area contributed by atoms with Gasteiger partial charge in [0.25, 0.3) is 5.91 Å². The molecule has 0 spiro atoms. The monoisotopic (exact) mass is 454 g/mol. The fourth-order valence-corrected chi connectivity index (χ4v) is 3.47. The standard InChI is InChI=1S/C22H22N4O5S/c1-13(27)23-15-4-6-16(7-5-15)24-20(28)10-17-12-32-22(25-17)26-21(29)14-8-18(30-2)11-19(9-14)31-3/h4-9,11-12H,10H2,1-3H3,(H,23,27)(H,24,28)(H,25,26,29). The number of methoxy groups -OCH3 is 2. The maximum Gasteiger partial charge on any atom is 0.257 e. The van der Waals surface area contributed by atoms with Crippen LogP contribution in [-0.4, -0.2) is 36.9 Å². The zero-order valence-corrected chi connectivity index (χ0v) is 18.5. The average Bonchev–Trinajstić information content (AvgIpc) is 3.20. The second-order valence-corrected chi connectivity index (χ2v) is 7.54. The molecule has 32 heavy (non-hydrogen) atoms. The first-order valence-corrected chi connectivity index (χ1v) is 10.4. The lowest BCUT2D eigenvalue weighted by molar-refractivity contribution is -0.116. The molecule has 0 unspecified atom stereocenters. The third kappa shape index (κ3) is 6.29. The molecular formula is C22H22N4O5S. The van der Waals surface area contributed by atoms with E-state index in [-0.39, 0.29) is 24.1 Å². The van der Waals surface area contributed by atoms with Crippen LogP contribution in [0.25, 0.3) is 0 Å². The molecule has 3 N–H and O–H groups in total. The molecule has 1 aromatic heterocycles. The molecule has 0 radical (unpaired) electrons. The molecule has 0 saturated carbocycles. The summed E-state index contributed by atoms with van der Waals surface area (Å²) in [5, 5.41) is 10.2. The first kappa shape index (κ1) is 22.8. The van der Waals surface area contributed by atoms with Crippen molar-refractivity contribution < 1.29 is 23.9 Å². The normalized spacial score (nSPS) is 10.2. The zero-order chi connectivity index (χ0) is 23.1. The van der Waals surface area contributed by atoms with E-state index >= 15 is 0 Å². The van der Waals surface area contributed by atoms with Gasteiger partial charge in [-0.15, -0.1) is 11.3 Å². The van der Waals surface area contributed by atoms with Gasteiger partial charge in [0, 0.05) is 35.3 Å². The number of nitrogens with one attached hydrogen (secondary N) is 3. The molecule has 0 aliphatic carbocycles. The van der Waals surface area contributed by atoms with Gasteiger partial charge >= 0.3 is 0 Å². The number of hydrogen-bond donors (Lipinski definition) is 3. The number of ether oxygens (including phenoxy) is 2. The van der Waals surface area contributed by atoms with Gasteiger partial charge in [-0.25, -0.2) is 4.98 Å². The largest absolute Gasteiger partial charge is 0.497 e. The highest BCUT2D eigenvalue weighted by Crippen LogP contribution is 2.24. The summed E-state index contributed by atoms with van der Waals surface area (Å²) in [5.41, 5.74) is 2.13. The number of carbonyl (C=O) groups excluding carboxylic acids is 3. The molecule has 0 atom stereocenters. The Bertz CT molecular complexity index is 1110. The van der Waals surface area contributed by atoms with Gasteiger partial charge in [0.1, 0.15) is 11.5 Å². The number of benzene rings is 2. The molecule has 9 nitrogen and oxygen atoms in total. The fourth-order valence-electron chi connectivity index (χ4n) is 2.76. The quantitative estimate of drug-likeness (QED) is 0.479. The minimum absolute atomic E-state index is 0.0484. The predicted molar refractivity (Wildman–Crippen MR) is 123 cm³/mol. The molecule has 3 rings (SSSR count). The van der Waals surface area contributed by atoms with Gasteiger partial charge in [0.15, 0.2) is 5.13 Å². The van der Waals surface area contributed by atoms with Crippen LogP contribution >= 0.6 is 11.3 Å². The molecule has 0 aliphatic heterocycles. The van der Waals surface area contributed by atoms with Gasteiger partial charge in [-0.2, -0.15) is 0 Å². The lowest BCUT2D eigenvalue weighted by atomic mass is 10.2. The molecule has 3 aromatic rings. The van der Waals surface area contributed by atoms with Gasteiger partial charge in [-0.05, 0) is 36.4 Å². The highest BCUT2D eigenvalue weighted by molar-refractivity contribution is 7.14. The van der Waals surface area contributed by atoms with Crippen LogP contribution in [-0.2, 0) is 16.0 Å². The fraction of sp³-hybridized carbons (Fsp3) is 0.182. The summed E-state index contributed by atoms with van der Waals surface area (Å²) in [6, 6.07) is 11.6. The van der Waals surface area contributed by atoms with Crippen molar-refractivity contribution in [2.75, 3.05) is 30.2 Å². The van der Waals surface area contributed by atoms with E-state index in [1.54, 1.807) is 47.8 Å². The first-order valence-electron chi connectivity index (χ1n) is 9.52. The molecular weight excluding hydrogens is 432 g/mol. The van der Waals surface area contributed by atoms with E-state index in [2.05, 4.69) is 20.9 Å².